The minimum atomic E-state index is -0.0155. The third kappa shape index (κ3) is 4.64. The van der Waals surface area contributed by atoms with Crippen molar-refractivity contribution in [2.45, 2.75) is 39.0 Å². The molecule has 1 saturated carbocycles. The fourth-order valence-electron chi connectivity index (χ4n) is 2.13. The first-order chi connectivity index (χ1) is 8.17. The van der Waals surface area contributed by atoms with Gasteiger partial charge in [-0.1, -0.05) is 13.3 Å². The van der Waals surface area contributed by atoms with Crippen LogP contribution in [0.5, 0.6) is 0 Å². The van der Waals surface area contributed by atoms with Crippen LogP contribution in [0.2, 0.25) is 0 Å². The topological polar surface area (TPSA) is 64.4 Å². The molecule has 1 fully saturated rings. The third-order valence-corrected chi connectivity index (χ3v) is 3.72. The van der Waals surface area contributed by atoms with Gasteiger partial charge in [0.15, 0.2) is 0 Å². The first-order valence-electron chi connectivity index (χ1n) is 6.64. The highest BCUT2D eigenvalue weighted by molar-refractivity contribution is 5.78. The molecule has 4 heteroatoms. The second kappa shape index (κ2) is 6.97. The van der Waals surface area contributed by atoms with Gasteiger partial charge in [0.05, 0.1) is 5.92 Å². The molecule has 1 amide bonds. The molecule has 17 heavy (non-hydrogen) atoms. The molecule has 1 atom stereocenters. The number of rotatable bonds is 9. The zero-order chi connectivity index (χ0) is 12.7. The Labute approximate surface area is 104 Å². The smallest absolute Gasteiger partial charge is 0.224 e. The first-order valence-corrected chi connectivity index (χ1v) is 6.64. The third-order valence-electron chi connectivity index (χ3n) is 3.72. The molecule has 1 unspecified atom stereocenters. The van der Waals surface area contributed by atoms with Crippen LogP contribution in [-0.4, -0.2) is 32.7 Å². The molecule has 0 aromatic heterocycles. The lowest BCUT2D eigenvalue weighted by atomic mass is 10.0. The zero-order valence-electron chi connectivity index (χ0n) is 11.1. The SMILES string of the molecule is CCCC(CN)C(=O)NCC1(CCOC)CC1. The molecular formula is C13H26N2O2. The predicted octanol–water partition coefficient (Wildman–Crippen LogP) is 1.29. The summed E-state index contributed by atoms with van der Waals surface area (Å²) in [5.41, 5.74) is 5.93. The van der Waals surface area contributed by atoms with Crippen LogP contribution in [0, 0.1) is 11.3 Å². The Kier molecular flexibility index (Phi) is 5.92. The molecule has 1 rings (SSSR count). The molecule has 0 aromatic rings. The van der Waals surface area contributed by atoms with E-state index in [1.54, 1.807) is 7.11 Å². The molecule has 0 aromatic carbocycles. The van der Waals surface area contributed by atoms with E-state index in [0.717, 1.165) is 32.4 Å². The fraction of sp³-hybridized carbons (Fsp3) is 0.923. The minimum absolute atomic E-state index is 0.0155. The van der Waals surface area contributed by atoms with Crippen molar-refractivity contribution in [3.63, 3.8) is 0 Å². The zero-order valence-corrected chi connectivity index (χ0v) is 11.1. The van der Waals surface area contributed by atoms with Crippen molar-refractivity contribution < 1.29 is 9.53 Å². The van der Waals surface area contributed by atoms with Gasteiger partial charge in [-0.25, -0.2) is 0 Å². The van der Waals surface area contributed by atoms with Crippen molar-refractivity contribution in [3.8, 4) is 0 Å². The summed E-state index contributed by atoms with van der Waals surface area (Å²) in [6.45, 7) is 4.10. The molecule has 0 spiro atoms. The molecule has 3 N–H and O–H groups in total. The van der Waals surface area contributed by atoms with Gasteiger partial charge in [0.1, 0.15) is 0 Å². The van der Waals surface area contributed by atoms with Crippen LogP contribution in [0.3, 0.4) is 0 Å². The number of ether oxygens (including phenoxy) is 1. The minimum Gasteiger partial charge on any atom is -0.385 e. The highest BCUT2D eigenvalue weighted by Gasteiger charge is 2.42. The number of methoxy groups -OCH3 is 1. The molecule has 1 aliphatic rings. The summed E-state index contributed by atoms with van der Waals surface area (Å²) in [5.74, 6) is 0.108. The van der Waals surface area contributed by atoms with Crippen molar-refractivity contribution in [1.29, 1.82) is 0 Å². The Morgan fingerprint density at radius 1 is 1.53 bits per heavy atom. The van der Waals surface area contributed by atoms with Gasteiger partial charge in [0.2, 0.25) is 5.91 Å². The number of nitrogens with one attached hydrogen (secondary N) is 1. The van der Waals surface area contributed by atoms with Crippen LogP contribution in [0.1, 0.15) is 39.0 Å². The van der Waals surface area contributed by atoms with Crippen molar-refractivity contribution in [2.75, 3.05) is 26.8 Å². The van der Waals surface area contributed by atoms with E-state index in [2.05, 4.69) is 12.2 Å². The van der Waals surface area contributed by atoms with Crippen molar-refractivity contribution in [2.24, 2.45) is 17.1 Å². The molecule has 0 heterocycles. The highest BCUT2D eigenvalue weighted by atomic mass is 16.5. The van der Waals surface area contributed by atoms with E-state index < -0.39 is 0 Å². The standard InChI is InChI=1S/C13H26N2O2/c1-3-4-11(9-14)12(16)15-10-13(5-6-13)7-8-17-2/h11H,3-10,14H2,1-2H3,(H,15,16). The number of nitrogens with two attached hydrogens (primary N) is 1. The summed E-state index contributed by atoms with van der Waals surface area (Å²) in [4.78, 5) is 11.9. The summed E-state index contributed by atoms with van der Waals surface area (Å²) < 4.78 is 5.10. The molecule has 0 bridgehead atoms. The van der Waals surface area contributed by atoms with Gasteiger partial charge >= 0.3 is 0 Å². The Morgan fingerprint density at radius 3 is 2.71 bits per heavy atom. The first kappa shape index (κ1) is 14.5. The molecule has 0 saturated heterocycles. The fourth-order valence-corrected chi connectivity index (χ4v) is 2.13. The number of carbonyl (C=O) groups is 1. The van der Waals surface area contributed by atoms with E-state index in [0.29, 0.717) is 12.0 Å². The predicted molar refractivity (Wildman–Crippen MR) is 68.6 cm³/mol. The van der Waals surface area contributed by atoms with Crippen LogP contribution in [-0.2, 0) is 9.53 Å². The van der Waals surface area contributed by atoms with Gasteiger partial charge in [-0.15, -0.1) is 0 Å². The number of hydrogen-bond donors (Lipinski definition) is 2. The molecule has 4 nitrogen and oxygen atoms in total. The van der Waals surface area contributed by atoms with Crippen molar-refractivity contribution in [1.82, 2.24) is 5.32 Å². The normalized spacial score (nSPS) is 18.8. The van der Waals surface area contributed by atoms with E-state index >= 15 is 0 Å². The number of hydrogen-bond acceptors (Lipinski definition) is 3. The van der Waals surface area contributed by atoms with E-state index in [9.17, 15) is 4.79 Å². The molecule has 100 valence electrons. The summed E-state index contributed by atoms with van der Waals surface area (Å²) in [6, 6.07) is 0. The lowest BCUT2D eigenvalue weighted by Gasteiger charge is -2.18. The lowest BCUT2D eigenvalue weighted by Crippen LogP contribution is -2.38. The van der Waals surface area contributed by atoms with Gasteiger partial charge in [-0.05, 0) is 31.1 Å². The van der Waals surface area contributed by atoms with Crippen LogP contribution >= 0.6 is 0 Å². The van der Waals surface area contributed by atoms with Crippen LogP contribution < -0.4 is 11.1 Å². The number of carbonyl (C=O) groups excluding carboxylic acids is 1. The van der Waals surface area contributed by atoms with Crippen LogP contribution in [0.25, 0.3) is 0 Å². The lowest BCUT2D eigenvalue weighted by molar-refractivity contribution is -0.125. The quantitative estimate of drug-likeness (QED) is 0.640. The van der Waals surface area contributed by atoms with Crippen LogP contribution in [0.4, 0.5) is 0 Å². The Morgan fingerprint density at radius 2 is 2.24 bits per heavy atom. The van der Waals surface area contributed by atoms with E-state index in [-0.39, 0.29) is 11.8 Å². The maximum atomic E-state index is 11.9. The molecular weight excluding hydrogens is 216 g/mol. The van der Waals surface area contributed by atoms with E-state index in [1.165, 1.54) is 12.8 Å². The molecule has 0 aliphatic heterocycles. The van der Waals surface area contributed by atoms with Crippen LogP contribution in [0.15, 0.2) is 0 Å². The van der Waals surface area contributed by atoms with Gasteiger partial charge in [-0.2, -0.15) is 0 Å². The number of amides is 1. The summed E-state index contributed by atoms with van der Waals surface area (Å²) >= 11 is 0. The average Bonchev–Trinajstić information content (AvgIpc) is 3.11. The highest BCUT2D eigenvalue weighted by Crippen LogP contribution is 2.48. The maximum absolute atomic E-state index is 11.9. The monoisotopic (exact) mass is 242 g/mol. The van der Waals surface area contributed by atoms with Crippen molar-refractivity contribution >= 4 is 5.91 Å². The maximum Gasteiger partial charge on any atom is 0.224 e. The second-order valence-corrected chi connectivity index (χ2v) is 5.18. The Balaban J connectivity index is 2.27. The molecule has 0 radical (unpaired) electrons. The Bertz CT molecular complexity index is 240. The largest absolute Gasteiger partial charge is 0.385 e. The Hall–Kier alpha value is -0.610. The summed E-state index contributed by atoms with van der Waals surface area (Å²) in [7, 11) is 1.72. The van der Waals surface area contributed by atoms with Gasteiger partial charge < -0.3 is 15.8 Å². The summed E-state index contributed by atoms with van der Waals surface area (Å²) in [6.07, 6.45) is 5.35. The average molecular weight is 242 g/mol. The van der Waals surface area contributed by atoms with Gasteiger partial charge in [0.25, 0.3) is 0 Å². The molecule has 1 aliphatic carbocycles. The van der Waals surface area contributed by atoms with E-state index in [1.807, 2.05) is 0 Å². The van der Waals surface area contributed by atoms with Gasteiger partial charge in [0, 0.05) is 26.8 Å². The van der Waals surface area contributed by atoms with E-state index in [4.69, 9.17) is 10.5 Å². The summed E-state index contributed by atoms with van der Waals surface area (Å²) in [5, 5.41) is 3.06. The van der Waals surface area contributed by atoms with Gasteiger partial charge in [-0.3, -0.25) is 4.79 Å². The second-order valence-electron chi connectivity index (χ2n) is 5.18. The van der Waals surface area contributed by atoms with Crippen molar-refractivity contribution in [3.05, 3.63) is 0 Å².